The summed E-state index contributed by atoms with van der Waals surface area (Å²) in [7, 11) is 0. The quantitative estimate of drug-likeness (QED) is 0.595. The Morgan fingerprint density at radius 1 is 1.50 bits per heavy atom. The van der Waals surface area contributed by atoms with E-state index in [1.165, 1.54) is 12.1 Å². The third-order valence-corrected chi connectivity index (χ3v) is 3.08. The monoisotopic (exact) mass is 284 g/mol. The Hall–Kier alpha value is -1.69. The van der Waals surface area contributed by atoms with Gasteiger partial charge < -0.3 is 10.4 Å². The van der Waals surface area contributed by atoms with Gasteiger partial charge in [-0.15, -0.1) is 0 Å². The lowest BCUT2D eigenvalue weighted by atomic mass is 9.95. The van der Waals surface area contributed by atoms with E-state index >= 15 is 0 Å². The molecule has 0 saturated heterocycles. The maximum absolute atomic E-state index is 13.7. The van der Waals surface area contributed by atoms with Crippen molar-refractivity contribution in [2.45, 2.75) is 39.2 Å². The first-order chi connectivity index (χ1) is 9.21. The number of halogens is 1. The molecule has 112 valence electrons. The Morgan fingerprint density at radius 2 is 2.15 bits per heavy atom. The van der Waals surface area contributed by atoms with E-state index in [0.29, 0.717) is 12.3 Å². The van der Waals surface area contributed by atoms with Gasteiger partial charge in [0, 0.05) is 12.6 Å². The number of rotatable bonds is 7. The van der Waals surface area contributed by atoms with E-state index in [1.54, 1.807) is 6.92 Å². The maximum atomic E-state index is 13.7. The lowest BCUT2D eigenvalue weighted by Gasteiger charge is -2.25. The van der Waals surface area contributed by atoms with Gasteiger partial charge in [-0.3, -0.25) is 10.1 Å². The molecule has 0 bridgehead atoms. The fourth-order valence-electron chi connectivity index (χ4n) is 1.73. The SMILES string of the molecule is CC(C)CCC(C)(O)CNc1ccc([N+](=O)[O-])cc1F. The summed E-state index contributed by atoms with van der Waals surface area (Å²) in [6.45, 7) is 6.01. The van der Waals surface area contributed by atoms with Crippen LogP contribution in [0, 0.1) is 21.8 Å². The highest BCUT2D eigenvalue weighted by atomic mass is 19.1. The Morgan fingerprint density at radius 3 is 2.65 bits per heavy atom. The van der Waals surface area contributed by atoms with Gasteiger partial charge in [-0.2, -0.15) is 0 Å². The molecule has 1 aromatic rings. The van der Waals surface area contributed by atoms with Gasteiger partial charge >= 0.3 is 0 Å². The normalized spacial score (nSPS) is 14.1. The number of anilines is 1. The highest BCUT2D eigenvalue weighted by Gasteiger charge is 2.21. The molecule has 1 unspecified atom stereocenters. The van der Waals surface area contributed by atoms with Crippen LogP contribution in [0.25, 0.3) is 0 Å². The van der Waals surface area contributed by atoms with Gasteiger partial charge in [-0.1, -0.05) is 13.8 Å². The molecule has 0 amide bonds. The van der Waals surface area contributed by atoms with Crippen molar-refractivity contribution in [3.63, 3.8) is 0 Å². The topological polar surface area (TPSA) is 75.4 Å². The number of aliphatic hydroxyl groups is 1. The van der Waals surface area contributed by atoms with Crippen molar-refractivity contribution >= 4 is 11.4 Å². The summed E-state index contributed by atoms with van der Waals surface area (Å²) in [6.07, 6.45) is 1.48. The molecule has 0 aromatic heterocycles. The van der Waals surface area contributed by atoms with Crippen LogP contribution in [0.5, 0.6) is 0 Å². The summed E-state index contributed by atoms with van der Waals surface area (Å²) >= 11 is 0. The molecule has 6 heteroatoms. The van der Waals surface area contributed by atoms with Crippen LogP contribution in [0.1, 0.15) is 33.6 Å². The largest absolute Gasteiger partial charge is 0.388 e. The molecule has 1 atom stereocenters. The van der Waals surface area contributed by atoms with Crippen molar-refractivity contribution in [3.05, 3.63) is 34.1 Å². The molecule has 0 radical (unpaired) electrons. The molecular weight excluding hydrogens is 263 g/mol. The van der Waals surface area contributed by atoms with Crippen LogP contribution in [0.15, 0.2) is 18.2 Å². The van der Waals surface area contributed by atoms with Gasteiger partial charge in [0.2, 0.25) is 0 Å². The highest BCUT2D eigenvalue weighted by Crippen LogP contribution is 2.22. The van der Waals surface area contributed by atoms with Gasteiger partial charge in [0.25, 0.3) is 5.69 Å². The molecule has 20 heavy (non-hydrogen) atoms. The van der Waals surface area contributed by atoms with Crippen LogP contribution in [0.4, 0.5) is 15.8 Å². The average molecular weight is 284 g/mol. The molecule has 2 N–H and O–H groups in total. The molecule has 0 aliphatic heterocycles. The molecule has 0 saturated carbocycles. The summed E-state index contributed by atoms with van der Waals surface area (Å²) in [5.74, 6) is -0.212. The Kier molecular flexibility index (Phi) is 5.44. The van der Waals surface area contributed by atoms with Gasteiger partial charge in [0.1, 0.15) is 0 Å². The molecule has 5 nitrogen and oxygen atoms in total. The standard InChI is InChI=1S/C14H21FN2O3/c1-10(2)6-7-14(3,18)9-16-13-5-4-11(17(19)20)8-12(13)15/h4-5,8,10,16,18H,6-7,9H2,1-3H3. The molecule has 1 rings (SSSR count). The van der Waals surface area contributed by atoms with Crippen molar-refractivity contribution in [1.82, 2.24) is 0 Å². The zero-order valence-corrected chi connectivity index (χ0v) is 12.0. The van der Waals surface area contributed by atoms with Crippen LogP contribution in [-0.4, -0.2) is 22.2 Å². The second kappa shape index (κ2) is 6.65. The van der Waals surface area contributed by atoms with Crippen molar-refractivity contribution in [2.75, 3.05) is 11.9 Å². The van der Waals surface area contributed by atoms with E-state index in [0.717, 1.165) is 12.5 Å². The minimum Gasteiger partial charge on any atom is -0.388 e. The fourth-order valence-corrected chi connectivity index (χ4v) is 1.73. The number of non-ortho nitro benzene ring substituents is 1. The first-order valence-corrected chi connectivity index (χ1v) is 6.61. The number of hydrogen-bond acceptors (Lipinski definition) is 4. The van der Waals surface area contributed by atoms with Crippen molar-refractivity contribution in [3.8, 4) is 0 Å². The summed E-state index contributed by atoms with van der Waals surface area (Å²) in [4.78, 5) is 9.86. The van der Waals surface area contributed by atoms with Crippen molar-refractivity contribution in [1.29, 1.82) is 0 Å². The Balaban J connectivity index is 2.63. The molecule has 0 heterocycles. The highest BCUT2D eigenvalue weighted by molar-refractivity contribution is 5.50. The number of nitro benzene ring substituents is 1. The molecule has 1 aromatic carbocycles. The Bertz CT molecular complexity index is 475. The molecule has 0 aliphatic carbocycles. The van der Waals surface area contributed by atoms with E-state index in [2.05, 4.69) is 19.2 Å². The lowest BCUT2D eigenvalue weighted by Crippen LogP contribution is -2.34. The second-order valence-corrected chi connectivity index (χ2v) is 5.70. The maximum Gasteiger partial charge on any atom is 0.272 e. The zero-order chi connectivity index (χ0) is 15.3. The predicted octanol–water partition coefficient (Wildman–Crippen LogP) is 3.33. The summed E-state index contributed by atoms with van der Waals surface area (Å²) in [5, 5.41) is 23.5. The van der Waals surface area contributed by atoms with E-state index in [4.69, 9.17) is 0 Å². The van der Waals surface area contributed by atoms with Gasteiger partial charge in [-0.25, -0.2) is 4.39 Å². The summed E-state index contributed by atoms with van der Waals surface area (Å²) in [5.41, 5.74) is -1.08. The van der Waals surface area contributed by atoms with Crippen LogP contribution < -0.4 is 5.32 Å². The number of nitrogens with zero attached hydrogens (tertiary/aromatic N) is 1. The smallest absolute Gasteiger partial charge is 0.272 e. The van der Waals surface area contributed by atoms with Gasteiger partial charge in [-0.05, 0) is 31.7 Å². The van der Waals surface area contributed by atoms with Crippen molar-refractivity contribution in [2.24, 2.45) is 5.92 Å². The third-order valence-electron chi connectivity index (χ3n) is 3.08. The molecule has 0 fully saturated rings. The van der Waals surface area contributed by atoms with E-state index < -0.39 is 16.3 Å². The summed E-state index contributed by atoms with van der Waals surface area (Å²) < 4.78 is 13.7. The first kappa shape index (κ1) is 16.4. The zero-order valence-electron chi connectivity index (χ0n) is 12.0. The average Bonchev–Trinajstić information content (AvgIpc) is 2.35. The van der Waals surface area contributed by atoms with Gasteiger partial charge in [0.15, 0.2) is 5.82 Å². The third kappa shape index (κ3) is 5.13. The van der Waals surface area contributed by atoms with E-state index in [9.17, 15) is 19.6 Å². The number of hydrogen-bond donors (Lipinski definition) is 2. The van der Waals surface area contributed by atoms with Crippen LogP contribution in [0.2, 0.25) is 0 Å². The fraction of sp³-hybridized carbons (Fsp3) is 0.571. The molecule has 0 aliphatic rings. The number of benzene rings is 1. The van der Waals surface area contributed by atoms with E-state index in [-0.39, 0.29) is 17.9 Å². The first-order valence-electron chi connectivity index (χ1n) is 6.61. The molecular formula is C14H21FN2O3. The van der Waals surface area contributed by atoms with E-state index in [1.807, 2.05) is 0 Å². The predicted molar refractivity (Wildman–Crippen MR) is 76.2 cm³/mol. The minimum atomic E-state index is -0.946. The molecule has 0 spiro atoms. The van der Waals surface area contributed by atoms with Gasteiger partial charge in [0.05, 0.1) is 22.3 Å². The van der Waals surface area contributed by atoms with Crippen LogP contribution in [0.3, 0.4) is 0 Å². The second-order valence-electron chi connectivity index (χ2n) is 5.70. The lowest BCUT2D eigenvalue weighted by molar-refractivity contribution is -0.385. The summed E-state index contributed by atoms with van der Waals surface area (Å²) in [6, 6.07) is 3.41. The van der Waals surface area contributed by atoms with Crippen LogP contribution in [-0.2, 0) is 0 Å². The minimum absolute atomic E-state index is 0.153. The van der Waals surface area contributed by atoms with Crippen LogP contribution >= 0.6 is 0 Å². The van der Waals surface area contributed by atoms with Crippen molar-refractivity contribution < 1.29 is 14.4 Å². The number of nitro groups is 1. The number of nitrogens with one attached hydrogen (secondary N) is 1. The Labute approximate surface area is 118 Å².